The first-order chi connectivity index (χ1) is 16.8. The number of nitrogens with one attached hydrogen (secondary N) is 1. The van der Waals surface area contributed by atoms with Crippen molar-refractivity contribution in [2.75, 3.05) is 31.7 Å². The minimum Gasteiger partial charge on any atom is -0.379 e. The topological polar surface area (TPSA) is 128 Å². The highest BCUT2D eigenvalue weighted by molar-refractivity contribution is 7.89. The second-order valence-electron chi connectivity index (χ2n) is 7.67. The molecule has 4 aromatic rings. The van der Waals surface area contributed by atoms with Gasteiger partial charge in [0.1, 0.15) is 17.5 Å². The zero-order chi connectivity index (χ0) is 24.6. The lowest BCUT2D eigenvalue weighted by Gasteiger charge is -2.26. The molecule has 3 heterocycles. The highest BCUT2D eigenvalue weighted by atomic mass is 32.2. The summed E-state index contributed by atoms with van der Waals surface area (Å²) in [4.78, 5) is 29.8. The summed E-state index contributed by atoms with van der Waals surface area (Å²) in [6.07, 6.45) is 2.45. The van der Waals surface area contributed by atoms with E-state index in [4.69, 9.17) is 4.74 Å². The van der Waals surface area contributed by atoms with Crippen LogP contribution in [0.15, 0.2) is 70.7 Å². The number of amides is 1. The summed E-state index contributed by atoms with van der Waals surface area (Å²) < 4.78 is 47.5. The van der Waals surface area contributed by atoms with Crippen LogP contribution in [-0.2, 0) is 14.8 Å². The molecule has 1 fully saturated rings. The SMILES string of the molecule is O=C(Nn1cnc2c(cnn2-c2ccc(F)cc2)c1=O)c1ccc(S(=O)(=O)N2CCOCC2)cc1. The van der Waals surface area contributed by atoms with E-state index in [1.165, 1.54) is 63.7 Å². The molecule has 1 N–H and O–H groups in total. The van der Waals surface area contributed by atoms with E-state index in [-0.39, 0.29) is 34.6 Å². The van der Waals surface area contributed by atoms with Crippen molar-refractivity contribution in [1.29, 1.82) is 0 Å². The molecule has 0 saturated carbocycles. The molecule has 1 aliphatic heterocycles. The Bertz CT molecular complexity index is 1560. The summed E-state index contributed by atoms with van der Waals surface area (Å²) in [6.45, 7) is 1.19. The van der Waals surface area contributed by atoms with Crippen LogP contribution in [0.4, 0.5) is 4.39 Å². The lowest BCUT2D eigenvalue weighted by atomic mass is 10.2. The Balaban J connectivity index is 1.36. The molecule has 0 atom stereocenters. The van der Waals surface area contributed by atoms with Crippen molar-refractivity contribution < 1.29 is 22.3 Å². The van der Waals surface area contributed by atoms with Gasteiger partial charge in [-0.05, 0) is 48.5 Å². The zero-order valence-electron chi connectivity index (χ0n) is 18.2. The van der Waals surface area contributed by atoms with Gasteiger partial charge in [-0.25, -0.2) is 27.2 Å². The van der Waals surface area contributed by atoms with Gasteiger partial charge in [0.05, 0.1) is 30.0 Å². The van der Waals surface area contributed by atoms with E-state index in [2.05, 4.69) is 15.5 Å². The quantitative estimate of drug-likeness (QED) is 0.437. The number of aromatic nitrogens is 4. The van der Waals surface area contributed by atoms with E-state index in [0.717, 1.165) is 11.0 Å². The van der Waals surface area contributed by atoms with E-state index in [1.54, 1.807) is 0 Å². The van der Waals surface area contributed by atoms with E-state index in [1.807, 2.05) is 0 Å². The fourth-order valence-electron chi connectivity index (χ4n) is 3.65. The van der Waals surface area contributed by atoms with Crippen LogP contribution in [0.3, 0.4) is 0 Å². The van der Waals surface area contributed by atoms with Crippen LogP contribution in [0.5, 0.6) is 0 Å². The Morgan fingerprint density at radius 3 is 2.40 bits per heavy atom. The summed E-state index contributed by atoms with van der Waals surface area (Å²) in [5.41, 5.74) is 2.78. The number of rotatable bonds is 5. The van der Waals surface area contributed by atoms with E-state index < -0.39 is 27.3 Å². The van der Waals surface area contributed by atoms with Crippen molar-refractivity contribution in [3.63, 3.8) is 0 Å². The minimum atomic E-state index is -3.69. The second kappa shape index (κ2) is 9.02. The standard InChI is InChI=1S/C22H19FN6O5S/c23-16-3-5-17(6-4-16)29-20-19(13-25-29)22(31)28(14-24-20)26-21(30)15-1-7-18(8-2-15)35(32,33)27-9-11-34-12-10-27/h1-8,13-14H,9-12H2,(H,26,30). The number of sulfonamides is 1. The summed E-state index contributed by atoms with van der Waals surface area (Å²) in [7, 11) is -3.69. The maximum atomic E-state index is 13.2. The number of halogens is 1. The van der Waals surface area contributed by atoms with Crippen LogP contribution in [0, 0.1) is 5.82 Å². The highest BCUT2D eigenvalue weighted by Crippen LogP contribution is 2.18. The molecule has 0 radical (unpaired) electrons. The zero-order valence-corrected chi connectivity index (χ0v) is 19.0. The van der Waals surface area contributed by atoms with Crippen molar-refractivity contribution in [2.45, 2.75) is 4.90 Å². The van der Waals surface area contributed by atoms with Crippen LogP contribution in [0.2, 0.25) is 0 Å². The van der Waals surface area contributed by atoms with Crippen molar-refractivity contribution in [1.82, 2.24) is 23.7 Å². The fourth-order valence-corrected chi connectivity index (χ4v) is 5.06. The van der Waals surface area contributed by atoms with Gasteiger partial charge in [-0.1, -0.05) is 0 Å². The minimum absolute atomic E-state index is 0.0596. The predicted octanol–water partition coefficient (Wildman–Crippen LogP) is 1.13. The van der Waals surface area contributed by atoms with Crippen molar-refractivity contribution in [3.05, 3.63) is 82.8 Å². The fraction of sp³-hybridized carbons (Fsp3) is 0.182. The third-order valence-electron chi connectivity index (χ3n) is 5.51. The molecule has 1 amide bonds. The van der Waals surface area contributed by atoms with E-state index >= 15 is 0 Å². The number of benzene rings is 2. The number of nitrogens with zero attached hydrogens (tertiary/aromatic N) is 5. The van der Waals surface area contributed by atoms with Crippen LogP contribution in [-0.4, -0.2) is 64.4 Å². The number of morpholine rings is 1. The third kappa shape index (κ3) is 4.32. The average Bonchev–Trinajstić information content (AvgIpc) is 3.31. The van der Waals surface area contributed by atoms with Gasteiger partial charge < -0.3 is 4.74 Å². The lowest BCUT2D eigenvalue weighted by molar-refractivity contribution is 0.0730. The molecule has 13 heteroatoms. The molecular weight excluding hydrogens is 479 g/mol. The van der Waals surface area contributed by atoms with Gasteiger partial charge in [0.25, 0.3) is 11.5 Å². The molecule has 2 aromatic carbocycles. The number of fused-ring (bicyclic) bond motifs is 1. The Morgan fingerprint density at radius 1 is 1.03 bits per heavy atom. The van der Waals surface area contributed by atoms with Crippen molar-refractivity contribution >= 4 is 27.0 Å². The van der Waals surface area contributed by atoms with Gasteiger partial charge in [-0.2, -0.15) is 9.40 Å². The van der Waals surface area contributed by atoms with Gasteiger partial charge in [0, 0.05) is 18.7 Å². The molecule has 0 spiro atoms. The summed E-state index contributed by atoms with van der Waals surface area (Å²) in [5, 5.41) is 4.29. The summed E-state index contributed by atoms with van der Waals surface area (Å²) >= 11 is 0. The Morgan fingerprint density at radius 2 is 1.71 bits per heavy atom. The van der Waals surface area contributed by atoms with Gasteiger partial charge in [-0.3, -0.25) is 15.0 Å². The number of ether oxygens (including phenoxy) is 1. The number of hydrogen-bond acceptors (Lipinski definition) is 7. The highest BCUT2D eigenvalue weighted by Gasteiger charge is 2.26. The van der Waals surface area contributed by atoms with Gasteiger partial charge in [0.15, 0.2) is 5.65 Å². The van der Waals surface area contributed by atoms with Gasteiger partial charge in [0.2, 0.25) is 10.0 Å². The van der Waals surface area contributed by atoms with Crippen LogP contribution < -0.4 is 11.0 Å². The molecule has 35 heavy (non-hydrogen) atoms. The van der Waals surface area contributed by atoms with Gasteiger partial charge in [-0.15, -0.1) is 0 Å². The largest absolute Gasteiger partial charge is 0.379 e. The average molecular weight is 498 g/mol. The second-order valence-corrected chi connectivity index (χ2v) is 9.61. The van der Waals surface area contributed by atoms with Gasteiger partial charge >= 0.3 is 0 Å². The van der Waals surface area contributed by atoms with E-state index in [9.17, 15) is 22.4 Å². The third-order valence-corrected chi connectivity index (χ3v) is 7.42. The first-order valence-electron chi connectivity index (χ1n) is 10.6. The number of hydrogen-bond donors (Lipinski definition) is 1. The number of carbonyl (C=O) groups excluding carboxylic acids is 1. The van der Waals surface area contributed by atoms with Crippen LogP contribution in [0.25, 0.3) is 16.7 Å². The predicted molar refractivity (Wildman–Crippen MR) is 123 cm³/mol. The number of carbonyl (C=O) groups is 1. The molecule has 2 aromatic heterocycles. The van der Waals surface area contributed by atoms with Crippen LogP contribution in [0.1, 0.15) is 10.4 Å². The molecule has 0 unspecified atom stereocenters. The smallest absolute Gasteiger partial charge is 0.283 e. The van der Waals surface area contributed by atoms with Crippen molar-refractivity contribution in [3.8, 4) is 5.69 Å². The molecule has 1 aliphatic rings. The van der Waals surface area contributed by atoms with E-state index in [0.29, 0.717) is 18.9 Å². The first-order valence-corrected chi connectivity index (χ1v) is 12.0. The Hall–Kier alpha value is -3.94. The Kier molecular flexibility index (Phi) is 5.88. The molecular formula is C22H19FN6O5S. The molecule has 180 valence electrons. The van der Waals surface area contributed by atoms with Crippen molar-refractivity contribution in [2.24, 2.45) is 0 Å². The molecule has 0 aliphatic carbocycles. The monoisotopic (exact) mass is 498 g/mol. The molecule has 0 bridgehead atoms. The Labute approximate surface area is 198 Å². The molecule has 11 nitrogen and oxygen atoms in total. The maximum Gasteiger partial charge on any atom is 0.283 e. The molecule has 5 rings (SSSR count). The first kappa shape index (κ1) is 22.8. The van der Waals surface area contributed by atoms with Crippen LogP contribution >= 0.6 is 0 Å². The molecule has 1 saturated heterocycles. The lowest BCUT2D eigenvalue weighted by Crippen LogP contribution is -2.40. The maximum absolute atomic E-state index is 13.2. The summed E-state index contributed by atoms with van der Waals surface area (Å²) in [5.74, 6) is -1.04. The normalized spacial score (nSPS) is 14.8. The summed E-state index contributed by atoms with van der Waals surface area (Å²) in [6, 6.07) is 11.0.